The average molecular weight is 275 g/mol. The Balaban J connectivity index is 2.68. The normalized spacial score (nSPS) is 11.6. The SMILES string of the molecule is O=c1ccc(C(F)(F)F)cn1-c1cc(F)ccc1F. The number of nitrogens with zero attached hydrogens (tertiary/aromatic N) is 1. The van der Waals surface area contributed by atoms with Crippen LogP contribution in [0.4, 0.5) is 22.0 Å². The van der Waals surface area contributed by atoms with Gasteiger partial charge in [0.15, 0.2) is 0 Å². The van der Waals surface area contributed by atoms with E-state index in [1.165, 1.54) is 0 Å². The maximum Gasteiger partial charge on any atom is 0.417 e. The zero-order valence-corrected chi connectivity index (χ0v) is 9.21. The molecule has 2 aromatic rings. The summed E-state index contributed by atoms with van der Waals surface area (Å²) in [7, 11) is 0. The molecule has 0 saturated heterocycles. The number of benzene rings is 1. The number of rotatable bonds is 1. The quantitative estimate of drug-likeness (QED) is 0.733. The molecule has 0 aliphatic heterocycles. The lowest BCUT2D eigenvalue weighted by molar-refractivity contribution is -0.138. The highest BCUT2D eigenvalue weighted by molar-refractivity contribution is 5.35. The summed E-state index contributed by atoms with van der Waals surface area (Å²) in [6.45, 7) is 0. The Morgan fingerprint density at radius 1 is 1.00 bits per heavy atom. The van der Waals surface area contributed by atoms with Crippen molar-refractivity contribution in [3.8, 4) is 5.69 Å². The molecular weight excluding hydrogens is 269 g/mol. The highest BCUT2D eigenvalue weighted by atomic mass is 19.4. The molecule has 2 rings (SSSR count). The second kappa shape index (κ2) is 4.49. The van der Waals surface area contributed by atoms with E-state index in [1.54, 1.807) is 0 Å². The van der Waals surface area contributed by atoms with Crippen molar-refractivity contribution in [3.05, 3.63) is 64.1 Å². The van der Waals surface area contributed by atoms with Crippen molar-refractivity contribution in [2.75, 3.05) is 0 Å². The van der Waals surface area contributed by atoms with Gasteiger partial charge >= 0.3 is 6.18 Å². The lowest BCUT2D eigenvalue weighted by Gasteiger charge is -2.11. The maximum absolute atomic E-state index is 13.5. The fraction of sp³-hybridized carbons (Fsp3) is 0.0833. The molecule has 0 aliphatic carbocycles. The van der Waals surface area contributed by atoms with Crippen LogP contribution in [0.1, 0.15) is 5.56 Å². The maximum atomic E-state index is 13.5. The largest absolute Gasteiger partial charge is 0.417 e. The monoisotopic (exact) mass is 275 g/mol. The molecule has 1 heterocycles. The van der Waals surface area contributed by atoms with Crippen molar-refractivity contribution >= 4 is 0 Å². The molecule has 1 aromatic heterocycles. The minimum Gasteiger partial charge on any atom is -0.281 e. The van der Waals surface area contributed by atoms with Gasteiger partial charge in [-0.3, -0.25) is 9.36 Å². The first-order valence-electron chi connectivity index (χ1n) is 5.04. The number of hydrogen-bond donors (Lipinski definition) is 0. The molecule has 19 heavy (non-hydrogen) atoms. The molecule has 0 fully saturated rings. The second-order valence-electron chi connectivity index (χ2n) is 3.72. The summed E-state index contributed by atoms with van der Waals surface area (Å²) in [5, 5.41) is 0. The van der Waals surface area contributed by atoms with Gasteiger partial charge in [-0.1, -0.05) is 0 Å². The van der Waals surface area contributed by atoms with Gasteiger partial charge in [-0.15, -0.1) is 0 Å². The van der Waals surface area contributed by atoms with Crippen LogP contribution in [0.3, 0.4) is 0 Å². The van der Waals surface area contributed by atoms with Crippen molar-refractivity contribution in [2.45, 2.75) is 6.18 Å². The van der Waals surface area contributed by atoms with Gasteiger partial charge in [0.1, 0.15) is 11.6 Å². The molecule has 0 spiro atoms. The summed E-state index contributed by atoms with van der Waals surface area (Å²) in [5.74, 6) is -1.86. The first-order chi connectivity index (χ1) is 8.79. The Bertz CT molecular complexity index is 675. The number of alkyl halides is 3. The molecule has 0 radical (unpaired) electrons. The molecule has 0 N–H and O–H groups in total. The third-order valence-corrected chi connectivity index (χ3v) is 2.41. The molecule has 100 valence electrons. The van der Waals surface area contributed by atoms with Crippen LogP contribution in [0, 0.1) is 11.6 Å². The molecule has 1 aromatic carbocycles. The minimum absolute atomic E-state index is 0.418. The molecule has 7 heteroatoms. The molecular formula is C12H6F5NO. The van der Waals surface area contributed by atoms with Crippen molar-refractivity contribution in [1.82, 2.24) is 4.57 Å². The summed E-state index contributed by atoms with van der Waals surface area (Å²) in [6, 6.07) is 3.41. The second-order valence-corrected chi connectivity index (χ2v) is 3.72. The fourth-order valence-corrected chi connectivity index (χ4v) is 1.51. The highest BCUT2D eigenvalue weighted by Crippen LogP contribution is 2.28. The van der Waals surface area contributed by atoms with Gasteiger partial charge in [0.2, 0.25) is 0 Å². The Morgan fingerprint density at radius 2 is 1.68 bits per heavy atom. The standard InChI is InChI=1S/C12H6F5NO/c13-8-2-3-9(14)10(5-8)18-6-7(12(15,16)17)1-4-11(18)19/h1-6H. The van der Waals surface area contributed by atoms with E-state index in [1.807, 2.05) is 0 Å². The predicted octanol–water partition coefficient (Wildman–Crippen LogP) is 3.13. The van der Waals surface area contributed by atoms with E-state index >= 15 is 0 Å². The molecule has 0 atom stereocenters. The number of pyridine rings is 1. The zero-order chi connectivity index (χ0) is 14.2. The van der Waals surface area contributed by atoms with Crippen LogP contribution >= 0.6 is 0 Å². The van der Waals surface area contributed by atoms with E-state index in [0.717, 1.165) is 12.1 Å². The third kappa shape index (κ3) is 2.64. The summed E-state index contributed by atoms with van der Waals surface area (Å²) in [5.41, 5.74) is -2.59. The number of hydrogen-bond acceptors (Lipinski definition) is 1. The van der Waals surface area contributed by atoms with Crippen LogP contribution in [-0.4, -0.2) is 4.57 Å². The zero-order valence-electron chi connectivity index (χ0n) is 9.21. The topological polar surface area (TPSA) is 22.0 Å². The first-order valence-corrected chi connectivity index (χ1v) is 5.04. The molecule has 0 unspecified atom stereocenters. The van der Waals surface area contributed by atoms with Gasteiger partial charge < -0.3 is 0 Å². The summed E-state index contributed by atoms with van der Waals surface area (Å²) in [6.07, 6.45) is -4.25. The lowest BCUT2D eigenvalue weighted by Crippen LogP contribution is -2.20. The number of halogens is 5. The molecule has 0 bridgehead atoms. The van der Waals surface area contributed by atoms with E-state index in [0.29, 0.717) is 29.0 Å². The summed E-state index contributed by atoms with van der Waals surface area (Å²) in [4.78, 5) is 11.5. The fourth-order valence-electron chi connectivity index (χ4n) is 1.51. The van der Waals surface area contributed by atoms with Gasteiger partial charge in [-0.05, 0) is 18.2 Å². The van der Waals surface area contributed by atoms with Crippen molar-refractivity contribution < 1.29 is 22.0 Å². The first kappa shape index (κ1) is 13.3. The van der Waals surface area contributed by atoms with Crippen LogP contribution in [0.5, 0.6) is 0 Å². The number of aromatic nitrogens is 1. The average Bonchev–Trinajstić information content (AvgIpc) is 2.32. The molecule has 0 saturated carbocycles. The van der Waals surface area contributed by atoms with Crippen molar-refractivity contribution in [2.24, 2.45) is 0 Å². The summed E-state index contributed by atoms with van der Waals surface area (Å²) >= 11 is 0. The van der Waals surface area contributed by atoms with Gasteiger partial charge in [-0.2, -0.15) is 13.2 Å². The Kier molecular flexibility index (Phi) is 3.13. The van der Waals surface area contributed by atoms with Crippen molar-refractivity contribution in [3.63, 3.8) is 0 Å². The Morgan fingerprint density at radius 3 is 2.32 bits per heavy atom. The van der Waals surface area contributed by atoms with Gasteiger partial charge in [0, 0.05) is 18.3 Å². The van der Waals surface area contributed by atoms with Crippen LogP contribution in [0.25, 0.3) is 5.69 Å². The van der Waals surface area contributed by atoms with E-state index in [-0.39, 0.29) is 0 Å². The third-order valence-electron chi connectivity index (χ3n) is 2.41. The smallest absolute Gasteiger partial charge is 0.281 e. The van der Waals surface area contributed by atoms with Crippen LogP contribution < -0.4 is 5.56 Å². The highest BCUT2D eigenvalue weighted by Gasteiger charge is 2.31. The minimum atomic E-state index is -4.68. The molecule has 0 aliphatic rings. The van der Waals surface area contributed by atoms with Gasteiger partial charge in [0.05, 0.1) is 11.3 Å². The predicted molar refractivity (Wildman–Crippen MR) is 57.0 cm³/mol. The van der Waals surface area contributed by atoms with Gasteiger partial charge in [-0.25, -0.2) is 8.78 Å². The van der Waals surface area contributed by atoms with E-state index in [4.69, 9.17) is 0 Å². The molecule has 2 nitrogen and oxygen atoms in total. The summed E-state index contributed by atoms with van der Waals surface area (Å²) < 4.78 is 64.4. The lowest BCUT2D eigenvalue weighted by atomic mass is 10.2. The van der Waals surface area contributed by atoms with Crippen LogP contribution in [-0.2, 0) is 6.18 Å². The molecule has 0 amide bonds. The van der Waals surface area contributed by atoms with E-state index in [9.17, 15) is 26.7 Å². The Labute approximate surface area is 103 Å². The Hall–Kier alpha value is -2.18. The van der Waals surface area contributed by atoms with E-state index in [2.05, 4.69) is 0 Å². The van der Waals surface area contributed by atoms with E-state index < -0.39 is 34.6 Å². The van der Waals surface area contributed by atoms with Crippen molar-refractivity contribution in [1.29, 1.82) is 0 Å². The van der Waals surface area contributed by atoms with Crippen LogP contribution in [0.2, 0.25) is 0 Å². The van der Waals surface area contributed by atoms with Gasteiger partial charge in [0.25, 0.3) is 5.56 Å². The van der Waals surface area contributed by atoms with Crippen LogP contribution in [0.15, 0.2) is 41.3 Å².